The maximum atomic E-state index is 14.2. The van der Waals surface area contributed by atoms with Crippen LogP contribution in [0.2, 0.25) is 13.1 Å². The molecule has 0 aromatic heterocycles. The highest BCUT2D eigenvalue weighted by Crippen LogP contribution is 2.43. The highest BCUT2D eigenvalue weighted by Gasteiger charge is 2.58. The van der Waals surface area contributed by atoms with Gasteiger partial charge in [-0.25, -0.2) is 22.0 Å². The maximum absolute atomic E-state index is 14.2. The van der Waals surface area contributed by atoms with Crippen LogP contribution >= 0.6 is 0 Å². The van der Waals surface area contributed by atoms with Gasteiger partial charge in [0.05, 0.1) is 0 Å². The average molecular weight is 258 g/mol. The van der Waals surface area contributed by atoms with Crippen LogP contribution in [0.3, 0.4) is 0 Å². The van der Waals surface area contributed by atoms with Crippen molar-refractivity contribution >= 4 is 8.32 Å². The van der Waals surface area contributed by atoms with Gasteiger partial charge in [0.2, 0.25) is 8.32 Å². The zero-order valence-corrected chi connectivity index (χ0v) is 9.95. The summed E-state index contributed by atoms with van der Waals surface area (Å²) >= 11 is 0. The van der Waals surface area contributed by atoms with E-state index in [1.807, 2.05) is 0 Å². The van der Waals surface area contributed by atoms with E-state index in [2.05, 4.69) is 0 Å². The standard InChI is InChI=1S/C9H11F5OSi/c1-15-16(2,3)9(14)4-5(10)6(11)7(12)8(9)13/h4,8H,1-3H3. The second-order valence-electron chi connectivity index (χ2n) is 4.00. The Morgan fingerprint density at radius 1 is 1.31 bits per heavy atom. The van der Waals surface area contributed by atoms with Gasteiger partial charge < -0.3 is 4.43 Å². The van der Waals surface area contributed by atoms with E-state index in [0.29, 0.717) is 0 Å². The number of halogens is 5. The van der Waals surface area contributed by atoms with Crippen LogP contribution in [0, 0.1) is 0 Å². The molecule has 0 saturated carbocycles. The molecule has 0 saturated heterocycles. The molecule has 1 aliphatic carbocycles. The van der Waals surface area contributed by atoms with Crippen LogP contribution in [0.25, 0.3) is 0 Å². The molecular weight excluding hydrogens is 247 g/mol. The van der Waals surface area contributed by atoms with E-state index in [1.165, 1.54) is 13.1 Å². The van der Waals surface area contributed by atoms with Crippen molar-refractivity contribution in [1.29, 1.82) is 0 Å². The monoisotopic (exact) mass is 258 g/mol. The van der Waals surface area contributed by atoms with Gasteiger partial charge in [0.25, 0.3) is 0 Å². The van der Waals surface area contributed by atoms with Crippen LogP contribution < -0.4 is 0 Å². The van der Waals surface area contributed by atoms with Crippen molar-refractivity contribution in [2.24, 2.45) is 0 Å². The summed E-state index contributed by atoms with van der Waals surface area (Å²) in [5, 5.41) is -2.95. The van der Waals surface area contributed by atoms with Crippen LogP contribution in [0.15, 0.2) is 23.6 Å². The zero-order valence-electron chi connectivity index (χ0n) is 8.95. The first-order chi connectivity index (χ1) is 7.17. The second-order valence-corrected chi connectivity index (χ2v) is 8.19. The summed E-state index contributed by atoms with van der Waals surface area (Å²) in [7, 11) is -2.25. The highest BCUT2D eigenvalue weighted by atomic mass is 28.4. The van der Waals surface area contributed by atoms with E-state index in [0.717, 1.165) is 7.11 Å². The van der Waals surface area contributed by atoms with Gasteiger partial charge >= 0.3 is 0 Å². The van der Waals surface area contributed by atoms with E-state index in [9.17, 15) is 22.0 Å². The minimum absolute atomic E-state index is 0.131. The summed E-state index contributed by atoms with van der Waals surface area (Å²) in [6.45, 7) is 2.50. The van der Waals surface area contributed by atoms with Crippen LogP contribution in [0.4, 0.5) is 22.0 Å². The van der Waals surface area contributed by atoms with E-state index in [4.69, 9.17) is 4.43 Å². The Balaban J connectivity index is 3.30. The fourth-order valence-electron chi connectivity index (χ4n) is 1.37. The van der Waals surface area contributed by atoms with Crippen molar-refractivity contribution < 1.29 is 26.4 Å². The molecule has 1 rings (SSSR count). The van der Waals surface area contributed by atoms with Gasteiger partial charge in [-0.2, -0.15) is 0 Å². The van der Waals surface area contributed by atoms with Gasteiger partial charge in [-0.05, 0) is 19.2 Å². The van der Waals surface area contributed by atoms with E-state index in [1.54, 1.807) is 0 Å². The minimum Gasteiger partial charge on any atom is -0.417 e. The first-order valence-corrected chi connectivity index (χ1v) is 7.40. The molecule has 0 N–H and O–H groups in total. The number of allylic oxidation sites excluding steroid dienone is 4. The molecule has 2 atom stereocenters. The van der Waals surface area contributed by atoms with Gasteiger partial charge in [-0.1, -0.05) is 0 Å². The third-order valence-corrected chi connectivity index (χ3v) is 6.04. The lowest BCUT2D eigenvalue weighted by Crippen LogP contribution is -2.58. The Hall–Kier alpha value is -0.693. The molecular formula is C9H11F5OSi. The third kappa shape index (κ3) is 1.71. The predicted octanol–water partition coefficient (Wildman–Crippen LogP) is 3.44. The van der Waals surface area contributed by atoms with Crippen molar-refractivity contribution in [3.63, 3.8) is 0 Å². The number of alkyl halides is 2. The SMILES string of the molecule is CO[Si](C)(C)C1(F)C=C(F)C(F)=C(F)C1F. The van der Waals surface area contributed by atoms with Crippen molar-refractivity contribution in [2.45, 2.75) is 24.6 Å². The molecule has 7 heteroatoms. The highest BCUT2D eigenvalue weighted by molar-refractivity contribution is 6.75. The van der Waals surface area contributed by atoms with E-state index < -0.39 is 37.3 Å². The van der Waals surface area contributed by atoms with Crippen molar-refractivity contribution in [1.82, 2.24) is 0 Å². The Labute approximate surface area is 90.7 Å². The molecule has 0 spiro atoms. The number of rotatable bonds is 2. The Morgan fingerprint density at radius 3 is 2.25 bits per heavy atom. The molecule has 1 aliphatic rings. The fraction of sp³-hybridized carbons (Fsp3) is 0.556. The summed E-state index contributed by atoms with van der Waals surface area (Å²) < 4.78 is 71.0. The largest absolute Gasteiger partial charge is 0.417 e. The molecule has 0 aromatic carbocycles. The van der Waals surface area contributed by atoms with Gasteiger partial charge in [0.1, 0.15) is 0 Å². The van der Waals surface area contributed by atoms with Gasteiger partial charge in [-0.15, -0.1) is 0 Å². The quantitative estimate of drug-likeness (QED) is 0.544. The lowest BCUT2D eigenvalue weighted by molar-refractivity contribution is 0.130. The predicted molar refractivity (Wildman–Crippen MR) is 51.7 cm³/mol. The fourth-order valence-corrected chi connectivity index (χ4v) is 2.89. The summed E-state index contributed by atoms with van der Waals surface area (Å²) in [5.41, 5.74) is 0. The van der Waals surface area contributed by atoms with Gasteiger partial charge in [0.15, 0.2) is 28.9 Å². The Morgan fingerprint density at radius 2 is 1.81 bits per heavy atom. The summed E-state index contributed by atoms with van der Waals surface area (Å²) in [6.07, 6.45) is -2.74. The Bertz CT molecular complexity index is 365. The molecule has 0 fully saturated rings. The molecule has 92 valence electrons. The Kier molecular flexibility index (Phi) is 3.31. The second kappa shape index (κ2) is 3.96. The van der Waals surface area contributed by atoms with E-state index >= 15 is 0 Å². The van der Waals surface area contributed by atoms with Crippen molar-refractivity contribution in [2.75, 3.05) is 7.11 Å². The van der Waals surface area contributed by atoms with Crippen molar-refractivity contribution in [3.8, 4) is 0 Å². The summed E-state index contributed by atoms with van der Waals surface area (Å²) in [6, 6.07) is 0. The van der Waals surface area contributed by atoms with Crippen molar-refractivity contribution in [3.05, 3.63) is 23.6 Å². The number of hydrogen-bond donors (Lipinski definition) is 0. The van der Waals surface area contributed by atoms with Crippen LogP contribution in [-0.4, -0.2) is 26.9 Å². The zero-order chi connectivity index (χ0) is 12.7. The van der Waals surface area contributed by atoms with Crippen LogP contribution in [0.5, 0.6) is 0 Å². The molecule has 0 aliphatic heterocycles. The molecule has 0 heterocycles. The van der Waals surface area contributed by atoms with Gasteiger partial charge in [-0.3, -0.25) is 0 Å². The summed E-state index contributed by atoms with van der Waals surface area (Å²) in [4.78, 5) is 0. The first-order valence-electron chi connectivity index (χ1n) is 4.49. The van der Waals surface area contributed by atoms with Gasteiger partial charge in [0, 0.05) is 7.11 Å². The molecule has 1 nitrogen and oxygen atoms in total. The smallest absolute Gasteiger partial charge is 0.233 e. The maximum Gasteiger partial charge on any atom is 0.233 e. The third-order valence-electron chi connectivity index (χ3n) is 2.78. The lowest BCUT2D eigenvalue weighted by atomic mass is 10.1. The molecule has 0 amide bonds. The number of hydrogen-bond acceptors (Lipinski definition) is 1. The molecule has 0 radical (unpaired) electrons. The first kappa shape index (κ1) is 13.4. The van der Waals surface area contributed by atoms with E-state index in [-0.39, 0.29) is 6.08 Å². The summed E-state index contributed by atoms with van der Waals surface area (Å²) in [5.74, 6) is -5.77. The topological polar surface area (TPSA) is 9.23 Å². The molecule has 0 bridgehead atoms. The average Bonchev–Trinajstić information content (AvgIpc) is 2.23. The normalized spacial score (nSPS) is 31.8. The molecule has 16 heavy (non-hydrogen) atoms. The van der Waals surface area contributed by atoms with Crippen LogP contribution in [-0.2, 0) is 4.43 Å². The lowest BCUT2D eigenvalue weighted by Gasteiger charge is -2.38. The van der Waals surface area contributed by atoms with Crippen LogP contribution in [0.1, 0.15) is 0 Å². The molecule has 2 unspecified atom stereocenters. The molecule has 0 aromatic rings. The minimum atomic E-state index is -3.38.